The first-order valence-corrected chi connectivity index (χ1v) is 18.8. The van der Waals surface area contributed by atoms with Crippen LogP contribution in [-0.4, -0.2) is 53.4 Å². The summed E-state index contributed by atoms with van der Waals surface area (Å²) in [6.45, 7) is 16.1. The predicted octanol–water partition coefficient (Wildman–Crippen LogP) is 8.51. The zero-order valence-corrected chi connectivity index (χ0v) is 29.8. The van der Waals surface area contributed by atoms with Crippen molar-refractivity contribution in [3.05, 3.63) is 11.1 Å². The van der Waals surface area contributed by atoms with Crippen molar-refractivity contribution in [2.75, 3.05) is 11.5 Å². The van der Waals surface area contributed by atoms with Crippen LogP contribution in [0.2, 0.25) is 0 Å². The SMILES string of the molecule is CC1(C)Oc2c(Cc3c4c(c(SCC(=O)O)c5c3SC(C)(C)S5)SC(C)(C)S4)c3c(c(SCC(=O)O)c2O1)OC(C)(C)O3. The molecule has 2 aromatic carbocycles. The van der Waals surface area contributed by atoms with Crippen molar-refractivity contribution < 1.29 is 38.7 Å². The molecule has 0 aromatic heterocycles. The van der Waals surface area contributed by atoms with Crippen LogP contribution in [0.25, 0.3) is 0 Å². The molecule has 0 aliphatic carbocycles. The second-order valence-electron chi connectivity index (χ2n) is 12.2. The van der Waals surface area contributed by atoms with Crippen LogP contribution in [0.5, 0.6) is 23.0 Å². The van der Waals surface area contributed by atoms with E-state index in [9.17, 15) is 19.8 Å². The lowest BCUT2D eigenvalue weighted by Gasteiger charge is -2.20. The molecule has 0 fully saturated rings. The molecule has 0 amide bonds. The molecule has 4 heterocycles. The maximum absolute atomic E-state index is 11.6. The first kappa shape index (κ1) is 31.7. The van der Waals surface area contributed by atoms with E-state index < -0.39 is 23.5 Å². The first-order chi connectivity index (χ1) is 19.9. The van der Waals surface area contributed by atoms with Crippen LogP contribution in [0, 0.1) is 0 Å². The lowest BCUT2D eigenvalue weighted by Crippen LogP contribution is -2.31. The van der Waals surface area contributed by atoms with Gasteiger partial charge in [0.15, 0.2) is 23.0 Å². The molecular weight excluding hydrogens is 669 g/mol. The van der Waals surface area contributed by atoms with Crippen LogP contribution >= 0.6 is 70.6 Å². The van der Waals surface area contributed by atoms with Crippen molar-refractivity contribution in [1.82, 2.24) is 0 Å². The molecule has 4 aliphatic heterocycles. The number of benzene rings is 2. The van der Waals surface area contributed by atoms with E-state index in [1.54, 1.807) is 47.0 Å². The van der Waals surface area contributed by atoms with E-state index in [0.717, 1.165) is 47.4 Å². The van der Waals surface area contributed by atoms with E-state index in [-0.39, 0.29) is 19.7 Å². The average Bonchev–Trinajstić information content (AvgIpc) is 3.55. The van der Waals surface area contributed by atoms with E-state index in [1.165, 1.54) is 11.8 Å². The third-order valence-electron chi connectivity index (χ3n) is 6.56. The van der Waals surface area contributed by atoms with Crippen molar-refractivity contribution >= 4 is 82.5 Å². The fourth-order valence-corrected chi connectivity index (χ4v) is 13.3. The third-order valence-corrected chi connectivity index (χ3v) is 14.7. The van der Waals surface area contributed by atoms with Gasteiger partial charge in [0.05, 0.1) is 19.7 Å². The predicted molar refractivity (Wildman–Crippen MR) is 175 cm³/mol. The van der Waals surface area contributed by atoms with Gasteiger partial charge in [-0.05, 0) is 33.3 Å². The van der Waals surface area contributed by atoms with E-state index >= 15 is 0 Å². The second-order valence-corrected chi connectivity index (χ2v) is 21.2. The number of carboxylic acid groups (broad SMARTS) is 2. The van der Waals surface area contributed by atoms with Gasteiger partial charge in [0.1, 0.15) is 4.90 Å². The summed E-state index contributed by atoms with van der Waals surface area (Å²) in [5.41, 5.74) is 1.94. The van der Waals surface area contributed by atoms with Gasteiger partial charge in [-0.2, -0.15) is 0 Å². The zero-order chi connectivity index (χ0) is 31.3. The number of carbonyl (C=O) groups is 2. The van der Waals surface area contributed by atoms with E-state index in [0.29, 0.717) is 34.3 Å². The van der Waals surface area contributed by atoms with E-state index in [4.69, 9.17) is 18.9 Å². The fraction of sp³-hybridized carbons (Fsp3) is 0.517. The molecule has 0 saturated carbocycles. The van der Waals surface area contributed by atoms with Crippen LogP contribution in [0.3, 0.4) is 0 Å². The topological polar surface area (TPSA) is 112 Å². The minimum Gasteiger partial charge on any atom is -0.481 e. The zero-order valence-electron chi connectivity index (χ0n) is 24.9. The summed E-state index contributed by atoms with van der Waals surface area (Å²) in [5, 5.41) is 19.0. The minimum atomic E-state index is -0.972. The van der Waals surface area contributed by atoms with Crippen LogP contribution < -0.4 is 18.9 Å². The fourth-order valence-electron chi connectivity index (χ4n) is 5.25. The molecule has 6 rings (SSSR count). The lowest BCUT2D eigenvalue weighted by molar-refractivity contribution is -0.134. The molecule has 0 spiro atoms. The van der Waals surface area contributed by atoms with Gasteiger partial charge in [-0.1, -0.05) is 0 Å². The highest BCUT2D eigenvalue weighted by Crippen LogP contribution is 2.68. The summed E-state index contributed by atoms with van der Waals surface area (Å²) in [6.07, 6.45) is 0.468. The smallest absolute Gasteiger partial charge is 0.313 e. The molecule has 8 nitrogen and oxygen atoms in total. The van der Waals surface area contributed by atoms with Crippen molar-refractivity contribution in [3.63, 3.8) is 0 Å². The Hall–Kier alpha value is -1.32. The van der Waals surface area contributed by atoms with E-state index in [1.807, 2.05) is 27.7 Å². The summed E-state index contributed by atoms with van der Waals surface area (Å²) in [6, 6.07) is 0. The number of fused-ring (bicyclic) bond motifs is 4. The van der Waals surface area contributed by atoms with Crippen molar-refractivity contribution in [1.29, 1.82) is 0 Å². The Labute approximate surface area is 276 Å². The van der Waals surface area contributed by atoms with Crippen molar-refractivity contribution in [2.24, 2.45) is 0 Å². The largest absolute Gasteiger partial charge is 0.481 e. The molecule has 0 saturated heterocycles. The molecule has 2 N–H and O–H groups in total. The normalized spacial score (nSPS) is 20.7. The molecule has 4 aliphatic rings. The standard InChI is InChI=1S/C29H32O8S6/c1-26(2)34-16-12(17-19(37-27(3,4)35-17)22(18(16)36-26)38-10-14(30)31)9-13-20-24(42-28(5,6)40-20)23(39-11-15(32)33)25-21(13)41-29(7,8)43-25/h9-11H2,1-8H3,(H,30,31)(H,32,33). The highest BCUT2D eigenvalue weighted by atomic mass is 32.2. The highest BCUT2D eigenvalue weighted by Gasteiger charge is 2.47. The van der Waals surface area contributed by atoms with Gasteiger partial charge in [0.2, 0.25) is 11.6 Å². The van der Waals surface area contributed by atoms with Gasteiger partial charge in [-0.15, -0.1) is 70.6 Å². The maximum Gasteiger partial charge on any atom is 0.313 e. The Morgan fingerprint density at radius 1 is 0.581 bits per heavy atom. The molecule has 0 atom stereocenters. The monoisotopic (exact) mass is 700 g/mol. The Bertz CT molecular complexity index is 1380. The molecular formula is C29H32O8S6. The Balaban J connectivity index is 1.57. The lowest BCUT2D eigenvalue weighted by atomic mass is 10.0. The van der Waals surface area contributed by atoms with Crippen LogP contribution in [0.15, 0.2) is 29.4 Å². The number of ether oxygens (including phenoxy) is 4. The average molecular weight is 701 g/mol. The van der Waals surface area contributed by atoms with Crippen LogP contribution in [0.4, 0.5) is 0 Å². The first-order valence-electron chi connectivity index (χ1n) is 13.5. The number of thioether (sulfide) groups is 6. The van der Waals surface area contributed by atoms with Crippen molar-refractivity contribution in [3.8, 4) is 23.0 Å². The summed E-state index contributed by atoms with van der Waals surface area (Å²) < 4.78 is 25.2. The molecule has 0 bridgehead atoms. The number of aliphatic carboxylic acids is 2. The number of carboxylic acids is 2. The third kappa shape index (κ3) is 6.00. The molecule has 14 heteroatoms. The van der Waals surface area contributed by atoms with Crippen molar-refractivity contribution in [2.45, 2.75) is 111 Å². The van der Waals surface area contributed by atoms with Gasteiger partial charge in [0, 0.05) is 64.2 Å². The molecule has 232 valence electrons. The molecule has 0 radical (unpaired) electrons. The summed E-state index contributed by atoms with van der Waals surface area (Å²) in [7, 11) is 0. The number of rotatable bonds is 8. The minimum absolute atomic E-state index is 0.00739. The quantitative estimate of drug-likeness (QED) is 0.257. The molecule has 2 aromatic rings. The van der Waals surface area contributed by atoms with E-state index in [2.05, 4.69) is 27.7 Å². The van der Waals surface area contributed by atoms with Gasteiger partial charge >= 0.3 is 11.9 Å². The number of hydrogen-bond acceptors (Lipinski definition) is 12. The Kier molecular flexibility index (Phi) is 7.81. The van der Waals surface area contributed by atoms with Crippen LogP contribution in [0.1, 0.15) is 66.5 Å². The summed E-state index contributed by atoms with van der Waals surface area (Å²) in [5.74, 6) is -1.90. The second kappa shape index (κ2) is 10.6. The summed E-state index contributed by atoms with van der Waals surface area (Å²) >= 11 is 9.69. The van der Waals surface area contributed by atoms with Crippen LogP contribution in [-0.2, 0) is 16.0 Å². The van der Waals surface area contributed by atoms with Gasteiger partial charge in [-0.25, -0.2) is 0 Å². The maximum atomic E-state index is 11.6. The Morgan fingerprint density at radius 3 is 1.37 bits per heavy atom. The van der Waals surface area contributed by atoms with Gasteiger partial charge < -0.3 is 29.2 Å². The van der Waals surface area contributed by atoms with Gasteiger partial charge in [0.25, 0.3) is 0 Å². The number of hydrogen-bond donors (Lipinski definition) is 2. The molecule has 0 unspecified atom stereocenters. The van der Waals surface area contributed by atoms with Gasteiger partial charge in [-0.3, -0.25) is 9.59 Å². The summed E-state index contributed by atoms with van der Waals surface area (Å²) in [4.78, 5) is 29.3. The molecule has 43 heavy (non-hydrogen) atoms. The Morgan fingerprint density at radius 2 is 0.953 bits per heavy atom. The highest BCUT2D eigenvalue weighted by molar-refractivity contribution is 8.22.